The first-order valence-electron chi connectivity index (χ1n) is 6.18. The Balaban J connectivity index is 2.54. The molecule has 0 bridgehead atoms. The maximum Gasteiger partial charge on any atom is 0.176 e. The number of ketones is 1. The van der Waals surface area contributed by atoms with E-state index in [2.05, 4.69) is 18.7 Å². The molecule has 0 fully saturated rings. The van der Waals surface area contributed by atoms with E-state index in [-0.39, 0.29) is 5.78 Å². The lowest BCUT2D eigenvalue weighted by molar-refractivity contribution is 0.0933. The SMILES string of the molecule is CCCCN(CC)CC(=O)c1ccc(Cl)cc1. The minimum Gasteiger partial charge on any atom is -0.296 e. The van der Waals surface area contributed by atoms with Gasteiger partial charge < -0.3 is 0 Å². The largest absolute Gasteiger partial charge is 0.296 e. The molecule has 0 heterocycles. The molecule has 1 aromatic carbocycles. The lowest BCUT2D eigenvalue weighted by Gasteiger charge is -2.19. The second-order valence-electron chi connectivity index (χ2n) is 4.15. The van der Waals surface area contributed by atoms with Gasteiger partial charge in [-0.1, -0.05) is 31.9 Å². The number of nitrogens with zero attached hydrogens (tertiary/aromatic N) is 1. The molecule has 0 aliphatic carbocycles. The summed E-state index contributed by atoms with van der Waals surface area (Å²) in [6.07, 6.45) is 2.30. The monoisotopic (exact) mass is 253 g/mol. The van der Waals surface area contributed by atoms with E-state index in [4.69, 9.17) is 11.6 Å². The molecular formula is C14H20ClNO. The fraction of sp³-hybridized carbons (Fsp3) is 0.500. The number of Topliss-reactive ketones (excluding diaryl/α,β-unsaturated/α-hetero) is 1. The van der Waals surface area contributed by atoms with Crippen LogP contribution in [0.15, 0.2) is 24.3 Å². The number of unbranched alkanes of at least 4 members (excludes halogenated alkanes) is 1. The van der Waals surface area contributed by atoms with Gasteiger partial charge in [0.1, 0.15) is 0 Å². The van der Waals surface area contributed by atoms with E-state index in [1.807, 2.05) is 0 Å². The average molecular weight is 254 g/mol. The third-order valence-electron chi connectivity index (χ3n) is 2.81. The molecule has 0 amide bonds. The molecule has 0 aliphatic heterocycles. The minimum absolute atomic E-state index is 0.166. The summed E-state index contributed by atoms with van der Waals surface area (Å²) in [6.45, 7) is 6.66. The zero-order chi connectivity index (χ0) is 12.7. The van der Waals surface area contributed by atoms with E-state index in [9.17, 15) is 4.79 Å². The predicted molar refractivity (Wildman–Crippen MR) is 72.8 cm³/mol. The molecule has 0 unspecified atom stereocenters. The standard InChI is InChI=1S/C14H20ClNO/c1-3-5-10-16(4-2)11-14(17)12-6-8-13(15)9-7-12/h6-9H,3-5,10-11H2,1-2H3. The van der Waals surface area contributed by atoms with Crippen LogP contribution in [0, 0.1) is 0 Å². The molecule has 94 valence electrons. The van der Waals surface area contributed by atoms with Gasteiger partial charge in [0.25, 0.3) is 0 Å². The highest BCUT2D eigenvalue weighted by Gasteiger charge is 2.10. The second kappa shape index (κ2) is 7.46. The van der Waals surface area contributed by atoms with Crippen molar-refractivity contribution < 1.29 is 4.79 Å². The molecule has 1 rings (SSSR count). The molecule has 0 N–H and O–H groups in total. The lowest BCUT2D eigenvalue weighted by Crippen LogP contribution is -2.30. The number of likely N-dealkylation sites (N-methyl/N-ethyl adjacent to an activating group) is 1. The topological polar surface area (TPSA) is 20.3 Å². The summed E-state index contributed by atoms with van der Waals surface area (Å²) < 4.78 is 0. The highest BCUT2D eigenvalue weighted by molar-refractivity contribution is 6.30. The van der Waals surface area contributed by atoms with Crippen molar-refractivity contribution in [2.75, 3.05) is 19.6 Å². The van der Waals surface area contributed by atoms with Crippen LogP contribution in [0.2, 0.25) is 5.02 Å². The predicted octanol–water partition coefficient (Wildman–Crippen LogP) is 3.64. The molecule has 0 saturated carbocycles. The summed E-state index contributed by atoms with van der Waals surface area (Å²) in [4.78, 5) is 14.2. The Morgan fingerprint density at radius 1 is 1.24 bits per heavy atom. The molecule has 0 spiro atoms. The number of benzene rings is 1. The van der Waals surface area contributed by atoms with Gasteiger partial charge in [-0.3, -0.25) is 9.69 Å². The Labute approximate surface area is 109 Å². The van der Waals surface area contributed by atoms with Crippen LogP contribution in [-0.4, -0.2) is 30.3 Å². The van der Waals surface area contributed by atoms with E-state index in [1.54, 1.807) is 24.3 Å². The lowest BCUT2D eigenvalue weighted by atomic mass is 10.1. The van der Waals surface area contributed by atoms with Crippen molar-refractivity contribution in [2.24, 2.45) is 0 Å². The maximum atomic E-state index is 12.0. The van der Waals surface area contributed by atoms with Gasteiger partial charge in [-0.2, -0.15) is 0 Å². The van der Waals surface area contributed by atoms with Gasteiger partial charge >= 0.3 is 0 Å². The molecule has 17 heavy (non-hydrogen) atoms. The summed E-state index contributed by atoms with van der Waals surface area (Å²) in [5.74, 6) is 0.166. The van der Waals surface area contributed by atoms with Crippen LogP contribution >= 0.6 is 11.6 Å². The normalized spacial score (nSPS) is 10.8. The van der Waals surface area contributed by atoms with Crippen LogP contribution in [0.4, 0.5) is 0 Å². The van der Waals surface area contributed by atoms with E-state index in [1.165, 1.54) is 0 Å². The minimum atomic E-state index is 0.166. The first-order chi connectivity index (χ1) is 8.17. The van der Waals surface area contributed by atoms with Crippen LogP contribution in [0.25, 0.3) is 0 Å². The van der Waals surface area contributed by atoms with Crippen molar-refractivity contribution in [1.29, 1.82) is 0 Å². The van der Waals surface area contributed by atoms with Crippen molar-refractivity contribution in [1.82, 2.24) is 4.90 Å². The van der Waals surface area contributed by atoms with Gasteiger partial charge in [-0.05, 0) is 43.8 Å². The highest BCUT2D eigenvalue weighted by Crippen LogP contribution is 2.10. The first kappa shape index (κ1) is 14.2. The Kier molecular flexibility index (Phi) is 6.23. The summed E-state index contributed by atoms with van der Waals surface area (Å²) in [7, 11) is 0. The molecule has 0 aromatic heterocycles. The van der Waals surface area contributed by atoms with E-state index in [0.717, 1.165) is 31.5 Å². The summed E-state index contributed by atoms with van der Waals surface area (Å²) in [6, 6.07) is 7.10. The number of halogens is 1. The van der Waals surface area contributed by atoms with Gasteiger partial charge in [0.2, 0.25) is 0 Å². The summed E-state index contributed by atoms with van der Waals surface area (Å²) >= 11 is 5.80. The quantitative estimate of drug-likeness (QED) is 0.692. The third kappa shape index (κ3) is 4.88. The Bertz CT molecular complexity index is 348. The Hall–Kier alpha value is -0.860. The molecular weight excluding hydrogens is 234 g/mol. The average Bonchev–Trinajstić information content (AvgIpc) is 2.35. The first-order valence-corrected chi connectivity index (χ1v) is 6.56. The van der Waals surface area contributed by atoms with Crippen LogP contribution in [0.5, 0.6) is 0 Å². The Morgan fingerprint density at radius 2 is 1.88 bits per heavy atom. The fourth-order valence-corrected chi connectivity index (χ4v) is 1.79. The van der Waals surface area contributed by atoms with E-state index < -0.39 is 0 Å². The number of carbonyl (C=O) groups is 1. The summed E-state index contributed by atoms with van der Waals surface area (Å²) in [5, 5.41) is 0.667. The van der Waals surface area contributed by atoms with Crippen molar-refractivity contribution >= 4 is 17.4 Å². The third-order valence-corrected chi connectivity index (χ3v) is 3.06. The smallest absolute Gasteiger partial charge is 0.176 e. The number of hydrogen-bond acceptors (Lipinski definition) is 2. The van der Waals surface area contributed by atoms with E-state index >= 15 is 0 Å². The number of carbonyl (C=O) groups excluding carboxylic acids is 1. The van der Waals surface area contributed by atoms with Gasteiger partial charge in [-0.15, -0.1) is 0 Å². The number of rotatable bonds is 7. The summed E-state index contributed by atoms with van der Waals surface area (Å²) in [5.41, 5.74) is 0.740. The van der Waals surface area contributed by atoms with E-state index in [0.29, 0.717) is 11.6 Å². The van der Waals surface area contributed by atoms with Crippen molar-refractivity contribution in [3.63, 3.8) is 0 Å². The van der Waals surface area contributed by atoms with Crippen LogP contribution in [-0.2, 0) is 0 Å². The van der Waals surface area contributed by atoms with Crippen molar-refractivity contribution in [2.45, 2.75) is 26.7 Å². The van der Waals surface area contributed by atoms with Gasteiger partial charge in [0.05, 0.1) is 6.54 Å². The van der Waals surface area contributed by atoms with Gasteiger partial charge in [0, 0.05) is 10.6 Å². The Morgan fingerprint density at radius 3 is 2.41 bits per heavy atom. The molecule has 0 atom stereocenters. The highest BCUT2D eigenvalue weighted by atomic mass is 35.5. The zero-order valence-electron chi connectivity index (χ0n) is 10.6. The fourth-order valence-electron chi connectivity index (χ4n) is 1.66. The number of hydrogen-bond donors (Lipinski definition) is 0. The van der Waals surface area contributed by atoms with Crippen LogP contribution < -0.4 is 0 Å². The van der Waals surface area contributed by atoms with Crippen LogP contribution in [0.3, 0.4) is 0 Å². The van der Waals surface area contributed by atoms with Gasteiger partial charge in [-0.25, -0.2) is 0 Å². The molecule has 0 radical (unpaired) electrons. The molecule has 0 saturated heterocycles. The van der Waals surface area contributed by atoms with Gasteiger partial charge in [0.15, 0.2) is 5.78 Å². The van der Waals surface area contributed by atoms with Crippen molar-refractivity contribution in [3.05, 3.63) is 34.9 Å². The zero-order valence-corrected chi connectivity index (χ0v) is 11.3. The molecule has 2 nitrogen and oxygen atoms in total. The molecule has 0 aliphatic rings. The molecule has 3 heteroatoms. The van der Waals surface area contributed by atoms with Crippen molar-refractivity contribution in [3.8, 4) is 0 Å². The maximum absolute atomic E-state index is 12.0. The second-order valence-corrected chi connectivity index (χ2v) is 4.59. The van der Waals surface area contributed by atoms with Crippen LogP contribution in [0.1, 0.15) is 37.0 Å². The molecule has 1 aromatic rings.